The molecule has 2 aromatic rings. The summed E-state index contributed by atoms with van der Waals surface area (Å²) in [4.78, 5) is 27.2. The van der Waals surface area contributed by atoms with Gasteiger partial charge in [0.05, 0.1) is 0 Å². The van der Waals surface area contributed by atoms with E-state index in [0.717, 1.165) is 42.8 Å². The van der Waals surface area contributed by atoms with Crippen LogP contribution in [0.3, 0.4) is 0 Å². The highest BCUT2D eigenvalue weighted by Crippen LogP contribution is 2.32. The number of nitrogens with zero attached hydrogens (tertiary/aromatic N) is 1. The van der Waals surface area contributed by atoms with Crippen LogP contribution in [0.1, 0.15) is 66.4 Å². The number of ether oxygens (including phenoxy) is 1. The fourth-order valence-electron chi connectivity index (χ4n) is 5.37. The molecular weight excluding hydrogens is 426 g/mol. The van der Waals surface area contributed by atoms with Crippen LogP contribution in [0.2, 0.25) is 0 Å². The molecule has 0 spiro atoms. The SMILES string of the molecule is C=C1CCC(N2Cc3cc(O[C@@H]4CCCCC[C@@H]4NCc4ccccc4)ccc3C2=O)C(=O)N1. The van der Waals surface area contributed by atoms with E-state index in [9.17, 15) is 9.59 Å². The molecular formula is C28H33N3O3. The Balaban J connectivity index is 1.27. The number of nitrogens with one attached hydrogen (secondary N) is 2. The smallest absolute Gasteiger partial charge is 0.255 e. The first-order chi connectivity index (χ1) is 16.6. The lowest BCUT2D eigenvalue weighted by Gasteiger charge is -2.30. The molecule has 2 aliphatic heterocycles. The first-order valence-corrected chi connectivity index (χ1v) is 12.4. The zero-order valence-corrected chi connectivity index (χ0v) is 19.6. The Morgan fingerprint density at radius 2 is 1.85 bits per heavy atom. The third-order valence-electron chi connectivity index (χ3n) is 7.26. The van der Waals surface area contributed by atoms with Crippen molar-refractivity contribution in [1.29, 1.82) is 0 Å². The Bertz CT molecular complexity index is 1070. The molecule has 1 aliphatic carbocycles. The maximum atomic E-state index is 13.0. The molecule has 5 rings (SSSR count). The van der Waals surface area contributed by atoms with Crippen molar-refractivity contribution >= 4 is 11.8 Å². The molecule has 1 saturated heterocycles. The van der Waals surface area contributed by atoms with E-state index in [0.29, 0.717) is 24.9 Å². The van der Waals surface area contributed by atoms with Crippen LogP contribution in [-0.2, 0) is 17.9 Å². The van der Waals surface area contributed by atoms with Crippen molar-refractivity contribution < 1.29 is 14.3 Å². The number of amides is 2. The molecule has 0 radical (unpaired) electrons. The van der Waals surface area contributed by atoms with Gasteiger partial charge in [-0.25, -0.2) is 0 Å². The first-order valence-electron chi connectivity index (χ1n) is 12.4. The van der Waals surface area contributed by atoms with Crippen LogP contribution in [0.25, 0.3) is 0 Å². The summed E-state index contributed by atoms with van der Waals surface area (Å²) in [7, 11) is 0. The molecule has 2 heterocycles. The maximum Gasteiger partial charge on any atom is 0.255 e. The highest BCUT2D eigenvalue weighted by Gasteiger charge is 2.38. The molecule has 2 amide bonds. The predicted molar refractivity (Wildman–Crippen MR) is 131 cm³/mol. The van der Waals surface area contributed by atoms with Gasteiger partial charge in [-0.15, -0.1) is 0 Å². The van der Waals surface area contributed by atoms with Crippen LogP contribution in [0.5, 0.6) is 5.75 Å². The summed E-state index contributed by atoms with van der Waals surface area (Å²) in [6.07, 6.45) is 7.11. The van der Waals surface area contributed by atoms with Crippen LogP contribution in [0.4, 0.5) is 0 Å². The number of fused-ring (bicyclic) bond motifs is 1. The van der Waals surface area contributed by atoms with Crippen LogP contribution in [-0.4, -0.2) is 34.9 Å². The summed E-state index contributed by atoms with van der Waals surface area (Å²) in [6.45, 7) is 5.11. The quantitative estimate of drug-likeness (QED) is 0.632. The Kier molecular flexibility index (Phi) is 6.68. The van der Waals surface area contributed by atoms with Crippen LogP contribution >= 0.6 is 0 Å². The summed E-state index contributed by atoms with van der Waals surface area (Å²) >= 11 is 0. The fourth-order valence-corrected chi connectivity index (χ4v) is 5.37. The summed E-state index contributed by atoms with van der Waals surface area (Å²) in [5.41, 5.74) is 3.60. The van der Waals surface area contributed by atoms with Crippen molar-refractivity contribution in [3.63, 3.8) is 0 Å². The molecule has 34 heavy (non-hydrogen) atoms. The largest absolute Gasteiger partial charge is 0.489 e. The fraction of sp³-hybridized carbons (Fsp3) is 0.429. The Morgan fingerprint density at radius 1 is 1.03 bits per heavy atom. The normalized spacial score (nSPS) is 25.0. The average Bonchev–Trinajstić information content (AvgIpc) is 3.00. The maximum absolute atomic E-state index is 13.0. The Morgan fingerprint density at radius 3 is 2.68 bits per heavy atom. The molecule has 3 atom stereocenters. The third kappa shape index (κ3) is 4.87. The molecule has 0 aromatic heterocycles. The molecule has 3 aliphatic rings. The van der Waals surface area contributed by atoms with Crippen molar-refractivity contribution in [1.82, 2.24) is 15.5 Å². The van der Waals surface area contributed by atoms with Gasteiger partial charge in [-0.2, -0.15) is 0 Å². The summed E-state index contributed by atoms with van der Waals surface area (Å²) < 4.78 is 6.53. The molecule has 2 aromatic carbocycles. The monoisotopic (exact) mass is 459 g/mol. The minimum atomic E-state index is -0.441. The van der Waals surface area contributed by atoms with Gasteiger partial charge < -0.3 is 20.3 Å². The second kappa shape index (κ2) is 10.0. The number of allylic oxidation sites excluding steroid dienone is 1. The second-order valence-electron chi connectivity index (χ2n) is 9.67. The second-order valence-corrected chi connectivity index (χ2v) is 9.67. The standard InChI is InChI=1S/C28H33N3O3/c1-19-12-15-25(27(32)30-19)31-18-21-16-22(13-14-23(21)28(31)33)34-26-11-7-3-6-10-24(26)29-17-20-8-4-2-5-9-20/h2,4-5,8-9,13-14,16,24-26,29H,1,3,6-7,10-12,15,17-18H2,(H,30,32)/t24-,25?,26+/m0/s1. The van der Waals surface area contributed by atoms with Gasteiger partial charge in [0.2, 0.25) is 5.91 Å². The van der Waals surface area contributed by atoms with E-state index in [2.05, 4.69) is 41.5 Å². The molecule has 2 fully saturated rings. The van der Waals surface area contributed by atoms with E-state index in [1.54, 1.807) is 4.90 Å². The van der Waals surface area contributed by atoms with Crippen LogP contribution in [0, 0.1) is 0 Å². The van der Waals surface area contributed by atoms with E-state index >= 15 is 0 Å². The first kappa shape index (κ1) is 22.7. The average molecular weight is 460 g/mol. The molecule has 1 unspecified atom stereocenters. The van der Waals surface area contributed by atoms with Gasteiger partial charge in [-0.05, 0) is 61.4 Å². The van der Waals surface area contributed by atoms with E-state index in [1.165, 1.54) is 18.4 Å². The lowest BCUT2D eigenvalue weighted by Crippen LogP contribution is -2.49. The topological polar surface area (TPSA) is 70.7 Å². The third-order valence-corrected chi connectivity index (χ3v) is 7.26. The lowest BCUT2D eigenvalue weighted by molar-refractivity contribution is -0.126. The Hall–Kier alpha value is -3.12. The molecule has 178 valence electrons. The van der Waals surface area contributed by atoms with Crippen molar-refractivity contribution in [3.8, 4) is 5.75 Å². The predicted octanol–water partition coefficient (Wildman–Crippen LogP) is 4.30. The van der Waals surface area contributed by atoms with Crippen LogP contribution < -0.4 is 15.4 Å². The van der Waals surface area contributed by atoms with E-state index in [4.69, 9.17) is 4.74 Å². The van der Waals surface area contributed by atoms with E-state index in [-0.39, 0.29) is 24.0 Å². The summed E-state index contributed by atoms with van der Waals surface area (Å²) in [6, 6.07) is 16.1. The molecule has 2 N–H and O–H groups in total. The minimum Gasteiger partial charge on any atom is -0.489 e. The van der Waals surface area contributed by atoms with Crippen molar-refractivity contribution in [2.24, 2.45) is 0 Å². The molecule has 1 saturated carbocycles. The molecule has 6 heteroatoms. The summed E-state index contributed by atoms with van der Waals surface area (Å²) in [5.74, 6) is 0.582. The lowest BCUT2D eigenvalue weighted by atomic mass is 10.0. The number of carbonyl (C=O) groups is 2. The van der Waals surface area contributed by atoms with E-state index in [1.807, 2.05) is 24.3 Å². The number of carbonyl (C=O) groups excluding carboxylic acids is 2. The van der Waals surface area contributed by atoms with Crippen LogP contribution in [0.15, 0.2) is 60.8 Å². The zero-order chi connectivity index (χ0) is 23.5. The molecule has 6 nitrogen and oxygen atoms in total. The van der Waals surface area contributed by atoms with Gasteiger partial charge in [0.25, 0.3) is 5.91 Å². The molecule has 0 bridgehead atoms. The minimum absolute atomic E-state index is 0.0777. The van der Waals surface area contributed by atoms with Gasteiger partial charge in [-0.1, -0.05) is 49.8 Å². The van der Waals surface area contributed by atoms with Gasteiger partial charge in [0, 0.05) is 30.4 Å². The number of hydrogen-bond acceptors (Lipinski definition) is 4. The number of rotatable bonds is 6. The summed E-state index contributed by atoms with van der Waals surface area (Å²) in [5, 5.41) is 6.52. The number of hydrogen-bond donors (Lipinski definition) is 2. The van der Waals surface area contributed by atoms with E-state index < -0.39 is 6.04 Å². The number of benzene rings is 2. The highest BCUT2D eigenvalue weighted by molar-refractivity contribution is 6.01. The Labute approximate surface area is 201 Å². The van der Waals surface area contributed by atoms with Crippen molar-refractivity contribution in [2.75, 3.05) is 0 Å². The van der Waals surface area contributed by atoms with Crippen molar-refractivity contribution in [3.05, 3.63) is 77.5 Å². The number of piperidine rings is 1. The van der Waals surface area contributed by atoms with Gasteiger partial charge in [0.1, 0.15) is 17.9 Å². The highest BCUT2D eigenvalue weighted by atomic mass is 16.5. The zero-order valence-electron chi connectivity index (χ0n) is 19.6. The van der Waals surface area contributed by atoms with Gasteiger partial charge in [0.15, 0.2) is 0 Å². The van der Waals surface area contributed by atoms with Crippen molar-refractivity contribution in [2.45, 2.75) is 76.2 Å². The van der Waals surface area contributed by atoms with Gasteiger partial charge >= 0.3 is 0 Å². The van der Waals surface area contributed by atoms with Gasteiger partial charge in [-0.3, -0.25) is 9.59 Å².